The van der Waals surface area contributed by atoms with Crippen molar-refractivity contribution in [3.05, 3.63) is 75.9 Å². The average molecular weight is 599 g/mol. The molecular weight excluding hydrogens is 579 g/mol. The van der Waals surface area contributed by atoms with E-state index in [1.165, 1.54) is 53.6 Å². The van der Waals surface area contributed by atoms with E-state index < -0.39 is 49.3 Å². The van der Waals surface area contributed by atoms with Crippen LogP contribution in [-0.2, 0) is 13.1 Å². The minimum atomic E-state index is -4.98. The molecule has 17 heteroatoms. The lowest BCUT2D eigenvalue weighted by molar-refractivity contribution is -0.207. The standard InChI is InChI=1S/C24H20ClF5N8O3/c25-15-5-3-14(4-6-15)20-34-37(22(41)36(20)10-17(39)24(28,29)30)11-18-32-13-38(33-18)16-2-1-8-31-19(16)21(40)35-9-7-23(26,27)12-35/h1-6,8,13,17,39H,7,9-12H2/t17-/m1/s1. The molecule has 41 heavy (non-hydrogen) atoms. The summed E-state index contributed by atoms with van der Waals surface area (Å²) in [6, 6.07) is 8.81. The largest absolute Gasteiger partial charge is 0.416 e. The van der Waals surface area contributed by atoms with Crippen molar-refractivity contribution in [1.29, 1.82) is 0 Å². The Morgan fingerprint density at radius 1 is 1.12 bits per heavy atom. The predicted molar refractivity (Wildman–Crippen MR) is 133 cm³/mol. The molecule has 4 aromatic rings. The molecule has 0 saturated carbocycles. The maximum atomic E-state index is 13.7. The highest BCUT2D eigenvalue weighted by Crippen LogP contribution is 2.28. The van der Waals surface area contributed by atoms with Crippen molar-refractivity contribution >= 4 is 17.5 Å². The third-order valence-corrected chi connectivity index (χ3v) is 6.53. The van der Waals surface area contributed by atoms with Crippen molar-refractivity contribution in [2.75, 3.05) is 13.1 Å². The van der Waals surface area contributed by atoms with E-state index in [0.717, 1.165) is 9.58 Å². The van der Waals surface area contributed by atoms with Gasteiger partial charge < -0.3 is 10.0 Å². The number of alkyl halides is 5. The molecule has 0 spiro atoms. The fourth-order valence-electron chi connectivity index (χ4n) is 4.22. The van der Waals surface area contributed by atoms with Gasteiger partial charge in [0.15, 0.2) is 23.4 Å². The van der Waals surface area contributed by atoms with Crippen molar-refractivity contribution < 1.29 is 31.9 Å². The first-order valence-electron chi connectivity index (χ1n) is 12.0. The molecule has 216 valence electrons. The molecule has 1 aromatic carbocycles. The van der Waals surface area contributed by atoms with Crippen molar-refractivity contribution in [3.8, 4) is 17.1 Å². The van der Waals surface area contributed by atoms with Crippen molar-refractivity contribution in [2.24, 2.45) is 0 Å². The van der Waals surface area contributed by atoms with Crippen LogP contribution in [0.2, 0.25) is 5.02 Å². The summed E-state index contributed by atoms with van der Waals surface area (Å²) in [7, 11) is 0. The summed E-state index contributed by atoms with van der Waals surface area (Å²) in [6.45, 7) is -2.38. The number of carbonyl (C=O) groups is 1. The number of aliphatic hydroxyl groups is 1. The zero-order valence-corrected chi connectivity index (χ0v) is 21.6. The monoisotopic (exact) mass is 598 g/mol. The summed E-state index contributed by atoms with van der Waals surface area (Å²) in [5, 5.41) is 18.4. The van der Waals surface area contributed by atoms with Crippen LogP contribution < -0.4 is 5.69 Å². The third kappa shape index (κ3) is 5.97. The van der Waals surface area contributed by atoms with Gasteiger partial charge in [0.25, 0.3) is 11.8 Å². The van der Waals surface area contributed by atoms with Crippen LogP contribution in [0.1, 0.15) is 22.7 Å². The lowest BCUT2D eigenvalue weighted by atomic mass is 10.2. The number of aliphatic hydroxyl groups excluding tert-OH is 1. The number of amides is 1. The average Bonchev–Trinajstić information content (AvgIpc) is 3.62. The number of halogens is 6. The fraction of sp³-hybridized carbons (Fsp3) is 0.333. The number of benzene rings is 1. The van der Waals surface area contributed by atoms with E-state index in [1.807, 2.05) is 0 Å². The van der Waals surface area contributed by atoms with Crippen LogP contribution in [0, 0.1) is 0 Å². The van der Waals surface area contributed by atoms with Crippen molar-refractivity contribution in [3.63, 3.8) is 0 Å². The van der Waals surface area contributed by atoms with Gasteiger partial charge in [-0.2, -0.15) is 13.2 Å². The second-order valence-electron chi connectivity index (χ2n) is 9.25. The quantitative estimate of drug-likeness (QED) is 0.325. The molecule has 1 saturated heterocycles. The Kier molecular flexibility index (Phi) is 7.37. The smallest absolute Gasteiger partial charge is 0.382 e. The molecule has 1 N–H and O–H groups in total. The molecule has 1 aliphatic rings. The Bertz CT molecular complexity index is 1630. The van der Waals surface area contributed by atoms with E-state index in [9.17, 15) is 36.6 Å². The molecular formula is C24H20ClF5N8O3. The maximum Gasteiger partial charge on any atom is 0.416 e. The predicted octanol–water partition coefficient (Wildman–Crippen LogP) is 2.79. The lowest BCUT2D eigenvalue weighted by Crippen LogP contribution is -2.37. The molecule has 0 bridgehead atoms. The molecule has 3 aromatic heterocycles. The van der Waals surface area contributed by atoms with E-state index in [0.29, 0.717) is 9.59 Å². The SMILES string of the molecule is O=C(c1ncccc1-n1cnc(Cn2nc(-c3ccc(Cl)cc3)n(C[C@@H](O)C(F)(F)F)c2=O)n1)N1CCC(F)(F)C1. The van der Waals surface area contributed by atoms with E-state index >= 15 is 0 Å². The fourth-order valence-corrected chi connectivity index (χ4v) is 4.35. The van der Waals surface area contributed by atoms with Crippen LogP contribution in [0.25, 0.3) is 17.1 Å². The lowest BCUT2D eigenvalue weighted by Gasteiger charge is -2.17. The topological polar surface area (TPSA) is 124 Å². The van der Waals surface area contributed by atoms with Gasteiger partial charge >= 0.3 is 11.9 Å². The highest BCUT2D eigenvalue weighted by Gasteiger charge is 2.41. The maximum absolute atomic E-state index is 13.7. The molecule has 1 aliphatic heterocycles. The van der Waals surface area contributed by atoms with Gasteiger partial charge in [0, 0.05) is 29.7 Å². The molecule has 5 rings (SSSR count). The van der Waals surface area contributed by atoms with Gasteiger partial charge in [-0.05, 0) is 36.4 Å². The number of hydrogen-bond donors (Lipinski definition) is 1. The van der Waals surface area contributed by atoms with Gasteiger partial charge in [0.1, 0.15) is 12.9 Å². The number of hydrogen-bond acceptors (Lipinski definition) is 7. The Morgan fingerprint density at radius 3 is 2.51 bits per heavy atom. The molecule has 1 amide bonds. The van der Waals surface area contributed by atoms with Crippen LogP contribution in [0.5, 0.6) is 0 Å². The third-order valence-electron chi connectivity index (χ3n) is 6.28. The first-order valence-corrected chi connectivity index (χ1v) is 12.4. The van der Waals surface area contributed by atoms with Crippen LogP contribution >= 0.6 is 11.6 Å². The van der Waals surface area contributed by atoms with E-state index in [-0.39, 0.29) is 41.7 Å². The second kappa shape index (κ2) is 10.7. The summed E-state index contributed by atoms with van der Waals surface area (Å²) in [6.07, 6.45) is -5.75. The Balaban J connectivity index is 1.45. The summed E-state index contributed by atoms with van der Waals surface area (Å²) in [4.78, 5) is 35.1. The molecule has 0 aliphatic carbocycles. The van der Waals surface area contributed by atoms with E-state index in [4.69, 9.17) is 11.6 Å². The van der Waals surface area contributed by atoms with E-state index in [1.54, 1.807) is 0 Å². The normalized spacial score (nSPS) is 15.8. The van der Waals surface area contributed by atoms with Crippen LogP contribution in [0.15, 0.2) is 53.7 Å². The van der Waals surface area contributed by atoms with Gasteiger partial charge in [-0.3, -0.25) is 9.36 Å². The molecule has 1 atom stereocenters. The number of rotatable bonds is 7. The van der Waals surface area contributed by atoms with Gasteiger partial charge in [-0.25, -0.2) is 32.9 Å². The van der Waals surface area contributed by atoms with Gasteiger partial charge in [-0.1, -0.05) is 11.6 Å². The summed E-state index contributed by atoms with van der Waals surface area (Å²) >= 11 is 5.90. The molecule has 1 fully saturated rings. The second-order valence-corrected chi connectivity index (χ2v) is 9.68. The van der Waals surface area contributed by atoms with Gasteiger partial charge in [0.05, 0.1) is 18.8 Å². The summed E-state index contributed by atoms with van der Waals surface area (Å²) in [5.74, 6) is -3.88. The van der Waals surface area contributed by atoms with Gasteiger partial charge in [-0.15, -0.1) is 10.2 Å². The number of likely N-dealkylation sites (tertiary alicyclic amines) is 1. The Labute approximate surface area is 232 Å². The van der Waals surface area contributed by atoms with Gasteiger partial charge in [0.2, 0.25) is 0 Å². The van der Waals surface area contributed by atoms with Crippen LogP contribution in [-0.4, -0.2) is 81.3 Å². The molecule has 0 unspecified atom stereocenters. The number of nitrogens with zero attached hydrogens (tertiary/aromatic N) is 8. The molecule has 11 nitrogen and oxygen atoms in total. The number of pyridine rings is 1. The Morgan fingerprint density at radius 2 is 1.85 bits per heavy atom. The zero-order valence-electron chi connectivity index (χ0n) is 20.8. The van der Waals surface area contributed by atoms with Crippen molar-refractivity contribution in [1.82, 2.24) is 39.0 Å². The Hall–Kier alpha value is -4.18. The first kappa shape index (κ1) is 28.4. The summed E-state index contributed by atoms with van der Waals surface area (Å²) < 4.78 is 69.3. The number of aromatic nitrogens is 7. The van der Waals surface area contributed by atoms with Crippen molar-refractivity contribution in [2.45, 2.75) is 37.7 Å². The minimum absolute atomic E-state index is 0.00858. The van der Waals surface area contributed by atoms with Crippen LogP contribution in [0.3, 0.4) is 0 Å². The minimum Gasteiger partial charge on any atom is -0.382 e. The molecule has 4 heterocycles. The summed E-state index contributed by atoms with van der Waals surface area (Å²) in [5.41, 5.74) is -0.709. The first-order chi connectivity index (χ1) is 19.3. The number of carbonyl (C=O) groups excluding carboxylic acids is 1. The molecule has 0 radical (unpaired) electrons. The highest BCUT2D eigenvalue weighted by atomic mass is 35.5. The zero-order chi connectivity index (χ0) is 29.5. The van der Waals surface area contributed by atoms with E-state index in [2.05, 4.69) is 20.2 Å². The van der Waals surface area contributed by atoms with Crippen LogP contribution in [0.4, 0.5) is 22.0 Å². The highest BCUT2D eigenvalue weighted by molar-refractivity contribution is 6.30.